The average molecular weight is 481 g/mol. The van der Waals surface area contributed by atoms with E-state index in [2.05, 4.69) is 26.8 Å². The molecular formula is C30H28N2O4. The van der Waals surface area contributed by atoms with Crippen molar-refractivity contribution in [2.75, 3.05) is 0 Å². The fraction of sp³-hybridized carbons (Fsp3) is 0.333. The van der Waals surface area contributed by atoms with Crippen LogP contribution in [0.4, 0.5) is 0 Å². The van der Waals surface area contributed by atoms with Crippen LogP contribution in [0.1, 0.15) is 44.2 Å². The highest BCUT2D eigenvalue weighted by atomic mass is 16.5. The van der Waals surface area contributed by atoms with Crippen molar-refractivity contribution in [3.8, 4) is 11.5 Å². The Morgan fingerprint density at radius 2 is 1.39 bits per heavy atom. The second-order valence-electron chi connectivity index (χ2n) is 11.2. The molecule has 7 rings (SSSR count). The van der Waals surface area contributed by atoms with Crippen molar-refractivity contribution in [2.45, 2.75) is 44.3 Å². The van der Waals surface area contributed by atoms with E-state index in [-0.39, 0.29) is 23.0 Å². The molecule has 3 aliphatic rings. The zero-order valence-electron chi connectivity index (χ0n) is 21.1. The van der Waals surface area contributed by atoms with Crippen molar-refractivity contribution in [3.63, 3.8) is 0 Å². The Labute approximate surface area is 208 Å². The van der Waals surface area contributed by atoms with Crippen LogP contribution in [0.15, 0.2) is 64.2 Å². The van der Waals surface area contributed by atoms with Crippen LogP contribution < -0.4 is 20.6 Å². The summed E-state index contributed by atoms with van der Waals surface area (Å²) in [5, 5.41) is 1.84. The minimum absolute atomic E-state index is 0.0509. The summed E-state index contributed by atoms with van der Waals surface area (Å²) in [5.74, 6) is 0.956. The highest BCUT2D eigenvalue weighted by molar-refractivity contribution is 5.94. The van der Waals surface area contributed by atoms with Gasteiger partial charge in [-0.25, -0.2) is 0 Å². The van der Waals surface area contributed by atoms with E-state index in [0.29, 0.717) is 29.0 Å². The zero-order chi connectivity index (χ0) is 25.1. The van der Waals surface area contributed by atoms with Gasteiger partial charge in [-0.2, -0.15) is 0 Å². The van der Waals surface area contributed by atoms with Gasteiger partial charge in [-0.1, -0.05) is 24.3 Å². The number of aryl methyl sites for hydroxylation is 2. The number of rotatable bonds is 0. The molecule has 182 valence electrons. The predicted molar refractivity (Wildman–Crippen MR) is 141 cm³/mol. The first-order chi connectivity index (χ1) is 17.1. The minimum Gasteiger partial charge on any atom is -0.486 e. The minimum atomic E-state index is -0.653. The van der Waals surface area contributed by atoms with E-state index < -0.39 is 11.2 Å². The Morgan fingerprint density at radius 1 is 0.806 bits per heavy atom. The molecule has 0 fully saturated rings. The molecule has 6 nitrogen and oxygen atoms in total. The topological polar surface area (TPSA) is 62.5 Å². The highest BCUT2D eigenvalue weighted by Gasteiger charge is 2.55. The average Bonchev–Trinajstić information content (AvgIpc) is 2.84. The molecule has 4 heterocycles. The van der Waals surface area contributed by atoms with Gasteiger partial charge < -0.3 is 18.6 Å². The van der Waals surface area contributed by atoms with Crippen molar-refractivity contribution in [2.24, 2.45) is 20.0 Å². The number of hydrogen-bond acceptors (Lipinski definition) is 4. The Balaban J connectivity index is 1.58. The maximum atomic E-state index is 13.8. The van der Waals surface area contributed by atoms with Gasteiger partial charge in [0.2, 0.25) is 0 Å². The predicted octanol–water partition coefficient (Wildman–Crippen LogP) is 4.90. The summed E-state index contributed by atoms with van der Waals surface area (Å²) in [7, 11) is 3.62. The largest absolute Gasteiger partial charge is 0.486 e. The third-order valence-electron chi connectivity index (χ3n) is 8.48. The molecule has 0 amide bonds. The van der Waals surface area contributed by atoms with Gasteiger partial charge >= 0.3 is 0 Å². The van der Waals surface area contributed by atoms with Crippen LogP contribution in [-0.2, 0) is 14.1 Å². The van der Waals surface area contributed by atoms with E-state index >= 15 is 0 Å². The Morgan fingerprint density at radius 3 is 2.06 bits per heavy atom. The molecule has 6 heteroatoms. The Kier molecular flexibility index (Phi) is 3.99. The van der Waals surface area contributed by atoms with Gasteiger partial charge in [0.25, 0.3) is 11.1 Å². The third kappa shape index (κ3) is 2.56. The number of nitrogens with zero attached hydrogens (tertiary/aromatic N) is 2. The lowest BCUT2D eigenvalue weighted by Crippen LogP contribution is -2.54. The van der Waals surface area contributed by atoms with Crippen LogP contribution in [0.5, 0.6) is 11.5 Å². The molecule has 2 bridgehead atoms. The molecule has 2 aliphatic heterocycles. The molecule has 2 aromatic heterocycles. The van der Waals surface area contributed by atoms with Crippen molar-refractivity contribution >= 4 is 27.4 Å². The number of fused-ring (bicyclic) bond motifs is 12. The smallest absolute Gasteiger partial charge is 0.262 e. The number of ether oxygens (including phenoxy) is 2. The Hall–Kier alpha value is -3.80. The monoisotopic (exact) mass is 480 g/mol. The Bertz CT molecular complexity index is 1790. The molecule has 3 atom stereocenters. The molecule has 2 aromatic carbocycles. The fourth-order valence-electron chi connectivity index (χ4n) is 6.99. The summed E-state index contributed by atoms with van der Waals surface area (Å²) >= 11 is 0. The summed E-state index contributed by atoms with van der Waals surface area (Å²) in [4.78, 5) is 27.6. The van der Waals surface area contributed by atoms with E-state index in [9.17, 15) is 9.59 Å². The van der Waals surface area contributed by atoms with E-state index in [1.807, 2.05) is 55.6 Å². The van der Waals surface area contributed by atoms with Gasteiger partial charge in [0.05, 0.1) is 22.2 Å². The summed E-state index contributed by atoms with van der Waals surface area (Å²) in [5.41, 5.74) is 2.43. The number of hydrogen-bond donors (Lipinski definition) is 0. The normalized spacial score (nSPS) is 25.3. The van der Waals surface area contributed by atoms with Crippen LogP contribution >= 0.6 is 0 Å². The maximum Gasteiger partial charge on any atom is 0.262 e. The third-order valence-corrected chi connectivity index (χ3v) is 8.48. The van der Waals surface area contributed by atoms with Gasteiger partial charge in [-0.15, -0.1) is 0 Å². The standard InChI is InChI=1S/C30H28N2O4/c1-29(2)24-18(22-25(35-29)16-10-6-8-12-20(16)31(4)27(22)33)14-30(3)15-19(24)23-26(36-30)17-11-7-9-13-21(17)32(5)28(23)34/h6-14,19,24H,15H2,1-5H3/t19-,24+,30+/m0/s1. The molecule has 36 heavy (non-hydrogen) atoms. The van der Waals surface area contributed by atoms with Crippen molar-refractivity contribution in [1.82, 2.24) is 9.13 Å². The highest BCUT2D eigenvalue weighted by Crippen LogP contribution is 2.59. The second-order valence-corrected chi connectivity index (χ2v) is 11.2. The molecular weight excluding hydrogens is 452 g/mol. The van der Waals surface area contributed by atoms with Gasteiger partial charge in [0.15, 0.2) is 0 Å². The van der Waals surface area contributed by atoms with Crippen LogP contribution in [0, 0.1) is 5.92 Å². The van der Waals surface area contributed by atoms with Crippen molar-refractivity contribution in [3.05, 3.63) is 86.4 Å². The number of para-hydroxylation sites is 2. The van der Waals surface area contributed by atoms with E-state index in [1.54, 1.807) is 16.2 Å². The molecule has 0 N–H and O–H groups in total. The summed E-state index contributed by atoms with van der Waals surface area (Å²) in [6.07, 6.45) is 2.78. The van der Waals surface area contributed by atoms with Gasteiger partial charge in [-0.3, -0.25) is 9.59 Å². The van der Waals surface area contributed by atoms with Crippen LogP contribution in [0.2, 0.25) is 0 Å². The molecule has 1 aliphatic carbocycles. The first-order valence-corrected chi connectivity index (χ1v) is 12.5. The lowest BCUT2D eigenvalue weighted by molar-refractivity contribution is 0.0120. The first-order valence-electron chi connectivity index (χ1n) is 12.5. The van der Waals surface area contributed by atoms with Crippen LogP contribution in [0.25, 0.3) is 27.4 Å². The zero-order valence-corrected chi connectivity index (χ0v) is 21.1. The number of benzene rings is 2. The SMILES string of the molecule is Cn1c(=O)c2c(c3ccccc31)OC(C)(C)[C@@H]1C2=C[C@]2(C)C[C@H]1c1c(c3ccccc3n(C)c1=O)O2. The molecule has 0 saturated carbocycles. The summed E-state index contributed by atoms with van der Waals surface area (Å²) in [6.45, 7) is 6.21. The van der Waals surface area contributed by atoms with Gasteiger partial charge in [0, 0.05) is 36.7 Å². The van der Waals surface area contributed by atoms with E-state index in [4.69, 9.17) is 9.47 Å². The van der Waals surface area contributed by atoms with Crippen LogP contribution in [0.3, 0.4) is 0 Å². The maximum absolute atomic E-state index is 13.8. The van der Waals surface area contributed by atoms with Crippen LogP contribution in [-0.4, -0.2) is 20.3 Å². The second kappa shape index (κ2) is 6.69. The molecule has 0 unspecified atom stereocenters. The fourth-order valence-corrected chi connectivity index (χ4v) is 6.99. The number of aromatic nitrogens is 2. The van der Waals surface area contributed by atoms with Crippen molar-refractivity contribution in [1.29, 1.82) is 0 Å². The summed E-state index contributed by atoms with van der Waals surface area (Å²) < 4.78 is 16.8. The quantitative estimate of drug-likeness (QED) is 0.359. The van der Waals surface area contributed by atoms with Crippen molar-refractivity contribution < 1.29 is 9.47 Å². The lowest BCUT2D eigenvalue weighted by atomic mass is 9.61. The van der Waals surface area contributed by atoms with Gasteiger partial charge in [-0.05, 0) is 63.1 Å². The van der Waals surface area contributed by atoms with E-state index in [1.165, 1.54) is 0 Å². The summed E-state index contributed by atoms with van der Waals surface area (Å²) in [6, 6.07) is 15.7. The first kappa shape index (κ1) is 21.5. The molecule has 0 saturated heterocycles. The lowest BCUT2D eigenvalue weighted by Gasteiger charge is -2.53. The molecule has 0 spiro atoms. The van der Waals surface area contributed by atoms with Gasteiger partial charge in [0.1, 0.15) is 22.7 Å². The number of pyridine rings is 2. The molecule has 4 aromatic rings. The molecule has 0 radical (unpaired) electrons. The van der Waals surface area contributed by atoms with E-state index in [0.717, 1.165) is 27.4 Å².